The highest BCUT2D eigenvalue weighted by atomic mass is 16.3. The monoisotopic (exact) mass is 372 g/mol. The highest BCUT2D eigenvalue weighted by Crippen LogP contribution is 2.25. The molecule has 0 aliphatic carbocycles. The Labute approximate surface area is 171 Å². The Morgan fingerprint density at radius 3 is 2.88 bits per heavy atom. The summed E-state index contributed by atoms with van der Waals surface area (Å²) in [7, 11) is 0.898. The number of amides is 2. The average molecular weight is 373 g/mol. The topological polar surface area (TPSA) is 86.7 Å². The van der Waals surface area contributed by atoms with Crippen molar-refractivity contribution in [1.82, 2.24) is 10.2 Å². The molecule has 0 spiro atoms. The molecular weight excluding hydrogens is 332 g/mol. The van der Waals surface area contributed by atoms with E-state index in [1.807, 2.05) is 0 Å². The molecule has 0 aromatic heterocycles. The normalized spacial score (nSPS) is 32.8. The van der Waals surface area contributed by atoms with Gasteiger partial charge in [0.2, 0.25) is 11.8 Å². The van der Waals surface area contributed by atoms with E-state index in [0.717, 1.165) is 14.0 Å². The van der Waals surface area contributed by atoms with Crippen molar-refractivity contribution in [2.24, 2.45) is 11.8 Å². The van der Waals surface area contributed by atoms with Crippen LogP contribution in [0.3, 0.4) is 0 Å². The van der Waals surface area contributed by atoms with Crippen molar-refractivity contribution in [2.45, 2.75) is 45.6 Å². The average Bonchev–Trinajstić information content (AvgIpc) is 2.83. The number of carbonyl (C=O) groups excluding carboxylic acids is 3. The molecule has 0 saturated carbocycles. The Kier molecular flexibility index (Phi) is 2.97. The van der Waals surface area contributed by atoms with Crippen molar-refractivity contribution in [2.75, 3.05) is 13.5 Å². The molecule has 0 fully saturated rings. The van der Waals surface area contributed by atoms with Gasteiger partial charge in [-0.3, -0.25) is 14.4 Å². The van der Waals surface area contributed by atoms with E-state index < -0.39 is 103 Å². The number of nitrogens with one attached hydrogen (secondary N) is 1. The largest absolute Gasteiger partial charge is 0.385 e. The van der Waals surface area contributed by atoms with Crippen LogP contribution in [0.1, 0.15) is 60.7 Å². The molecule has 1 aliphatic rings. The fourth-order valence-electron chi connectivity index (χ4n) is 2.32. The molecule has 0 saturated heterocycles. The third-order valence-electron chi connectivity index (χ3n) is 3.89. The third-order valence-corrected chi connectivity index (χ3v) is 3.89. The van der Waals surface area contributed by atoms with Crippen molar-refractivity contribution >= 4 is 17.6 Å². The number of ketones is 1. The predicted octanol–water partition coefficient (Wildman–Crippen LogP) is 1.47. The zero-order chi connectivity index (χ0) is 29.9. The van der Waals surface area contributed by atoms with E-state index in [0.29, 0.717) is 4.90 Å². The Hall–Kier alpha value is -2.21. The second kappa shape index (κ2) is 8.45. The third kappa shape index (κ3) is 4.49. The highest BCUT2D eigenvalue weighted by Gasteiger charge is 2.32. The molecule has 1 aliphatic heterocycles. The molecule has 1 aromatic rings. The molecule has 0 radical (unpaired) electrons. The zero-order valence-electron chi connectivity index (χ0n) is 26.6. The van der Waals surface area contributed by atoms with Gasteiger partial charge in [0.05, 0.1) is 5.48 Å². The van der Waals surface area contributed by atoms with Crippen LogP contribution < -0.4 is 5.32 Å². The van der Waals surface area contributed by atoms with Crippen LogP contribution in [0.5, 0.6) is 0 Å². The Bertz CT molecular complexity index is 1170. The first-order valence-electron chi connectivity index (χ1n) is 13.8. The number of fused-ring (bicyclic) bond motifs is 1. The molecule has 0 bridgehead atoms. The summed E-state index contributed by atoms with van der Waals surface area (Å²) in [4.78, 5) is 39.1. The zero-order valence-corrected chi connectivity index (χ0v) is 14.6. The standard InChI is InChI=1S/C20H28N2O4/c1-12(2)18(24)16(23)11-13(3)19(25)21-17-15-8-6-5-7-14(15)9-10-22(4)20(17)26/h5-8,12-13,17-18,24H,9-11H2,1-4H3,(H,21,25)/t13-,17+,18+/m1/s1/i1D3,5D,6D,7D,8D,9D2,10D2,12D/t12?,13-,17+,18+. The summed E-state index contributed by atoms with van der Waals surface area (Å²) in [5, 5.41) is 12.4. The van der Waals surface area contributed by atoms with Gasteiger partial charge in [0, 0.05) is 36.8 Å². The quantitative estimate of drug-likeness (QED) is 0.792. The number of hydrogen-bond donors (Lipinski definition) is 2. The SMILES string of the molecule is [2H]c1c([2H])c([2H])c2c(c1[2H])[C@H](NC(=O)[C@H](C)CC(=O)[C@@H](O)C([2H])(C)C([2H])([2H])[2H])C(=O)N(C)C([2H])([2H])C2([2H])[2H]. The van der Waals surface area contributed by atoms with Crippen LogP contribution in [0.2, 0.25) is 0 Å². The van der Waals surface area contributed by atoms with Crippen LogP contribution in [-0.2, 0) is 20.8 Å². The first kappa shape index (κ1) is 9.13. The van der Waals surface area contributed by atoms with Gasteiger partial charge >= 0.3 is 0 Å². The van der Waals surface area contributed by atoms with Gasteiger partial charge in [-0.25, -0.2) is 0 Å². The lowest BCUT2D eigenvalue weighted by Gasteiger charge is -2.24. The van der Waals surface area contributed by atoms with Gasteiger partial charge in [0.25, 0.3) is 0 Å². The van der Waals surface area contributed by atoms with E-state index in [1.165, 1.54) is 6.92 Å². The first-order valence-corrected chi connectivity index (χ1v) is 7.84. The minimum atomic E-state index is -3.15. The molecule has 1 heterocycles. The minimum Gasteiger partial charge on any atom is -0.385 e. The number of benzene rings is 1. The van der Waals surface area contributed by atoms with Gasteiger partial charge < -0.3 is 15.3 Å². The van der Waals surface area contributed by atoms with Crippen molar-refractivity contribution in [3.8, 4) is 0 Å². The molecule has 6 heteroatoms. The second-order valence-corrected chi connectivity index (χ2v) is 6.02. The molecule has 6 nitrogen and oxygen atoms in total. The van der Waals surface area contributed by atoms with Crippen LogP contribution >= 0.6 is 0 Å². The molecule has 2 N–H and O–H groups in total. The minimum absolute atomic E-state index is 0.339. The summed E-state index contributed by atoms with van der Waals surface area (Å²) in [6.45, 7) is -4.13. The maximum Gasteiger partial charge on any atom is 0.249 e. The van der Waals surface area contributed by atoms with Crippen LogP contribution in [0, 0.1) is 11.8 Å². The van der Waals surface area contributed by atoms with E-state index in [4.69, 9.17) is 16.4 Å². The van der Waals surface area contributed by atoms with Crippen LogP contribution in [0.15, 0.2) is 24.2 Å². The number of likely N-dealkylation sites (N-methyl/N-ethyl adjacent to an activating group) is 1. The lowest BCUT2D eigenvalue weighted by molar-refractivity contribution is -0.137. The molecule has 142 valence electrons. The lowest BCUT2D eigenvalue weighted by atomic mass is 9.94. The van der Waals surface area contributed by atoms with Gasteiger partial charge in [-0.15, -0.1) is 0 Å². The van der Waals surface area contributed by atoms with Crippen molar-refractivity contribution < 1.29 is 35.9 Å². The number of rotatable bonds is 6. The number of hydrogen-bond acceptors (Lipinski definition) is 4. The summed E-state index contributed by atoms with van der Waals surface area (Å²) >= 11 is 0. The molecule has 2 rings (SSSR count). The summed E-state index contributed by atoms with van der Waals surface area (Å²) in [6, 6.07) is -5.54. The van der Waals surface area contributed by atoms with Gasteiger partial charge in [0.1, 0.15) is 12.1 Å². The van der Waals surface area contributed by atoms with E-state index in [9.17, 15) is 19.5 Å². The number of nitrogens with zero attached hydrogens (tertiary/aromatic N) is 1. The van der Waals surface area contributed by atoms with Crippen LogP contribution in [-0.4, -0.2) is 47.3 Å². The Morgan fingerprint density at radius 2 is 2.19 bits per heavy atom. The molecule has 1 unspecified atom stereocenters. The summed E-state index contributed by atoms with van der Waals surface area (Å²) in [5.41, 5.74) is -1.55. The van der Waals surface area contributed by atoms with Gasteiger partial charge in [-0.05, 0) is 23.4 Å². The Morgan fingerprint density at radius 1 is 1.50 bits per heavy atom. The first-order chi connectivity index (χ1) is 16.9. The van der Waals surface area contributed by atoms with E-state index in [2.05, 4.69) is 5.32 Å². The molecule has 2 amide bonds. The molecule has 1 aromatic carbocycles. The maximum atomic E-state index is 13.3. The van der Waals surface area contributed by atoms with E-state index in [1.54, 1.807) is 0 Å². The molecular formula is C20H28N2O4. The highest BCUT2D eigenvalue weighted by molar-refractivity contribution is 5.92. The second-order valence-electron chi connectivity index (χ2n) is 6.02. The predicted molar refractivity (Wildman–Crippen MR) is 98.3 cm³/mol. The number of carbonyl (C=O) groups is 3. The lowest BCUT2D eigenvalue weighted by Crippen LogP contribution is -2.43. The van der Waals surface area contributed by atoms with Gasteiger partial charge in [0.15, 0.2) is 5.78 Å². The fourth-order valence-corrected chi connectivity index (χ4v) is 2.32. The Balaban J connectivity index is 2.54. The molecule has 26 heavy (non-hydrogen) atoms. The summed E-state index contributed by atoms with van der Waals surface area (Å²) < 4.78 is 95.5. The van der Waals surface area contributed by atoms with Gasteiger partial charge in [-0.2, -0.15) is 0 Å². The summed E-state index contributed by atoms with van der Waals surface area (Å²) in [6.07, 6.45) is -6.21. The summed E-state index contributed by atoms with van der Waals surface area (Å²) in [5.74, 6) is -7.39. The number of aliphatic hydroxyl groups excluding tert-OH is 1. The van der Waals surface area contributed by atoms with E-state index in [-0.39, 0.29) is 0 Å². The van der Waals surface area contributed by atoms with E-state index >= 15 is 0 Å². The van der Waals surface area contributed by atoms with Gasteiger partial charge in [-0.1, -0.05) is 44.9 Å². The van der Waals surface area contributed by atoms with Crippen LogP contribution in [0.4, 0.5) is 0 Å². The van der Waals surface area contributed by atoms with Crippen molar-refractivity contribution in [3.63, 3.8) is 0 Å². The van der Waals surface area contributed by atoms with Crippen molar-refractivity contribution in [1.29, 1.82) is 0 Å². The fraction of sp³-hybridized carbons (Fsp3) is 0.550. The van der Waals surface area contributed by atoms with Crippen molar-refractivity contribution in [3.05, 3.63) is 35.3 Å². The maximum absolute atomic E-state index is 13.3. The van der Waals surface area contributed by atoms with Crippen LogP contribution in [0.25, 0.3) is 0 Å². The number of aliphatic hydroxyl groups is 1. The smallest absolute Gasteiger partial charge is 0.249 e. The number of Topliss-reactive ketones (excluding diaryl/α,β-unsaturated/α-hetero) is 1. The molecule has 4 atom stereocenters.